The lowest BCUT2D eigenvalue weighted by Gasteiger charge is -2.38. The molecule has 0 radical (unpaired) electrons. The van der Waals surface area contributed by atoms with Gasteiger partial charge in [-0.25, -0.2) is 0 Å². The standard InChI is InChI=1S/C23H42O5Si.C23H23O2P.C18H34O4Si/c1-7-17(28-29(5,6)23(2,3)4)14-15-19-18(20(24)16-21(19)25)12-10-8-9-11-13-22(26)27;24-23(25)18-10-11-19-26(20-12-4-1-5-13-20,21-14-6-2-7-15-21)22-16-8-3-9-17-22;1-7-12(22-23(5,6)18(2,3)4)8-9-13-14-10-17(20)21-16(14)11-15(13)19/h8,10,14-15,17-21,24-25H,7,9,11-13,16H2,1-6H3,(H,26,27);1-9,12-17,19H,10-11,18H2,(H,24,25);8-9,12-17,19-20H,7,10-11H2,1-6H3/p-1/b10-8-,15-14+;;9-8+/t17-,18+,19+,20-,21+;;12-,13+,14+,15+,16-,17?/m0.0/s1. The molecule has 3 fully saturated rings. The fourth-order valence-electron chi connectivity index (χ4n) is 10.2. The number of allylic oxidation sites excluding steroid dienone is 2. The number of aliphatic hydroxyl groups is 4. The van der Waals surface area contributed by atoms with Gasteiger partial charge in [0.2, 0.25) is 0 Å². The number of aliphatic carboxylic acids is 2. The lowest BCUT2D eigenvalue weighted by atomic mass is 9.89. The summed E-state index contributed by atoms with van der Waals surface area (Å²) < 4.78 is 18.4. The van der Waals surface area contributed by atoms with Crippen molar-refractivity contribution in [2.45, 2.75) is 212 Å². The van der Waals surface area contributed by atoms with Crippen LogP contribution >= 0.6 is 6.89 Å². The highest BCUT2D eigenvalue weighted by Crippen LogP contribution is 2.46. The van der Waals surface area contributed by atoms with E-state index in [1.807, 2.05) is 36.4 Å². The number of carbonyl (C=O) groups is 2. The Bertz CT molecular complexity index is 2290. The van der Waals surface area contributed by atoms with Gasteiger partial charge in [0.25, 0.3) is 0 Å². The van der Waals surface area contributed by atoms with Crippen LogP contribution in [-0.4, -0.2) is 103 Å². The van der Waals surface area contributed by atoms with Gasteiger partial charge in [-0.3, -0.25) is 4.79 Å². The van der Waals surface area contributed by atoms with Crippen LogP contribution in [0.5, 0.6) is 0 Å². The van der Waals surface area contributed by atoms with Crippen molar-refractivity contribution >= 4 is 57.2 Å². The zero-order valence-corrected chi connectivity index (χ0v) is 52.1. The highest BCUT2D eigenvalue weighted by atomic mass is 31.2. The molecule has 11 nitrogen and oxygen atoms in total. The number of unbranched alkanes of at least 4 members (excludes halogenated alkanes) is 2. The zero-order valence-electron chi connectivity index (χ0n) is 49.2. The number of carboxylic acids is 2. The van der Waals surface area contributed by atoms with Gasteiger partial charge in [0.15, 0.2) is 22.9 Å². The zero-order chi connectivity index (χ0) is 57.9. The van der Waals surface area contributed by atoms with E-state index in [0.717, 1.165) is 25.7 Å². The molecular weight excluding hydrogens is 1030 g/mol. The Hall–Kier alpha value is -3.73. The van der Waals surface area contributed by atoms with E-state index in [1.54, 1.807) is 0 Å². The molecule has 1 aliphatic heterocycles. The Labute approximate surface area is 471 Å². The first-order valence-electron chi connectivity index (χ1n) is 28.7. The van der Waals surface area contributed by atoms with Crippen LogP contribution in [0.15, 0.2) is 127 Å². The molecule has 0 amide bonds. The van der Waals surface area contributed by atoms with Crippen molar-refractivity contribution in [1.82, 2.24) is 0 Å². The lowest BCUT2D eigenvalue weighted by Crippen LogP contribution is -2.43. The molecule has 3 aromatic carbocycles. The van der Waals surface area contributed by atoms with Crippen molar-refractivity contribution < 1.29 is 53.8 Å². The van der Waals surface area contributed by atoms with Gasteiger partial charge in [-0.2, -0.15) is 0 Å². The van der Waals surface area contributed by atoms with E-state index < -0.39 is 54.0 Å². The van der Waals surface area contributed by atoms with Gasteiger partial charge < -0.3 is 49.0 Å². The highest BCUT2D eigenvalue weighted by molar-refractivity contribution is 7.94. The molecule has 3 aromatic rings. The first-order valence-corrected chi connectivity index (χ1v) is 36.4. The van der Waals surface area contributed by atoms with Crippen molar-refractivity contribution in [2.24, 2.45) is 23.7 Å². The molecule has 3 aliphatic rings. The predicted molar refractivity (Wildman–Crippen MR) is 325 cm³/mol. The summed E-state index contributed by atoms with van der Waals surface area (Å²) >= 11 is 0. The molecule has 1 unspecified atom stereocenters. The second-order valence-corrected chi connectivity index (χ2v) is 37.5. The first kappa shape index (κ1) is 66.8. The quantitative estimate of drug-likeness (QED) is 0.0263. The summed E-state index contributed by atoms with van der Waals surface area (Å²) in [6.07, 6.45) is 17.4. The number of fused-ring (bicyclic) bond motifs is 1. The van der Waals surface area contributed by atoms with Crippen molar-refractivity contribution in [2.75, 3.05) is 0 Å². The number of hydrogen-bond donors (Lipinski definition) is 5. The Morgan fingerprint density at radius 3 is 1.54 bits per heavy atom. The fraction of sp³-hybridized carbons (Fsp3) is 0.578. The molecule has 11 atom stereocenters. The molecule has 0 spiro atoms. The second kappa shape index (κ2) is 30.9. The minimum atomic E-state index is -1.95. The molecule has 0 bridgehead atoms. The van der Waals surface area contributed by atoms with Gasteiger partial charge in [0.1, 0.15) is 0 Å². The third-order valence-corrected chi connectivity index (χ3v) is 30.0. The van der Waals surface area contributed by atoms with Crippen molar-refractivity contribution in [3.05, 3.63) is 127 Å². The summed E-state index contributed by atoms with van der Waals surface area (Å²) in [5.41, 5.74) is 0. The van der Waals surface area contributed by atoms with Crippen LogP contribution in [-0.2, 0) is 23.2 Å². The lowest BCUT2D eigenvalue weighted by molar-refractivity contribution is -0.305. The average molecular weight is 1130 g/mol. The van der Waals surface area contributed by atoms with Gasteiger partial charge in [-0.05, 0) is 122 Å². The monoisotopic (exact) mass is 1130 g/mol. The predicted octanol–water partition coefficient (Wildman–Crippen LogP) is 11.1. The molecule has 1 heterocycles. The number of carbonyl (C=O) groups excluding carboxylic acids is 1. The molecule has 78 heavy (non-hydrogen) atoms. The van der Waals surface area contributed by atoms with Crippen LogP contribution in [0.3, 0.4) is 0 Å². The summed E-state index contributed by atoms with van der Waals surface area (Å²) in [5, 5.41) is 64.5. The van der Waals surface area contributed by atoms with Gasteiger partial charge in [0, 0.05) is 43.5 Å². The number of benzene rings is 3. The third kappa shape index (κ3) is 19.5. The van der Waals surface area contributed by atoms with Crippen molar-refractivity contribution in [1.29, 1.82) is 0 Å². The minimum Gasteiger partial charge on any atom is -0.550 e. The van der Waals surface area contributed by atoms with E-state index in [0.29, 0.717) is 38.5 Å². The number of aliphatic hydroxyl groups excluding tert-OH is 4. The van der Waals surface area contributed by atoms with E-state index in [1.165, 1.54) is 15.9 Å². The smallest absolute Gasteiger partial charge is 0.303 e. The minimum absolute atomic E-state index is 0.00367. The number of hydrogen-bond acceptors (Lipinski definition) is 10. The SMILES string of the molecule is CC[C@@H](/C=C/[C@@H]1[C@@H](C/C=C\CCCC(=O)O)[C@@H](O)C[C@H]1O)O[Si](C)(C)C(C)(C)C.CC[C@@H](/C=C/[C@@H]1[C@H]2CC(O)O[C@H]2C[C@H]1O)O[Si](C)(C)C(C)(C)C.O=C([O-])CCCC=P(c1ccccc1)(c1ccccc1)c1ccccc1. The molecule has 434 valence electrons. The van der Waals surface area contributed by atoms with Crippen LogP contribution in [0, 0.1) is 23.7 Å². The molecule has 2 aliphatic carbocycles. The van der Waals surface area contributed by atoms with Gasteiger partial charge >= 0.3 is 5.97 Å². The summed E-state index contributed by atoms with van der Waals surface area (Å²) in [5.74, 6) is 0.768. The van der Waals surface area contributed by atoms with Crippen LogP contribution in [0.1, 0.15) is 132 Å². The van der Waals surface area contributed by atoms with E-state index >= 15 is 0 Å². The second-order valence-electron chi connectivity index (χ2n) is 24.6. The largest absolute Gasteiger partial charge is 0.550 e. The van der Waals surface area contributed by atoms with Gasteiger partial charge in [-0.15, -0.1) is 0 Å². The molecule has 0 aromatic heterocycles. The Kier molecular flexibility index (Phi) is 26.5. The topological polar surface area (TPSA) is 186 Å². The van der Waals surface area contributed by atoms with Gasteiger partial charge in [0.05, 0.1) is 36.6 Å². The van der Waals surface area contributed by atoms with E-state index in [2.05, 4.69) is 178 Å². The maximum absolute atomic E-state index is 10.8. The van der Waals surface area contributed by atoms with Crippen LogP contribution in [0.25, 0.3) is 0 Å². The Morgan fingerprint density at radius 2 is 1.10 bits per heavy atom. The van der Waals surface area contributed by atoms with Crippen LogP contribution in [0.2, 0.25) is 36.3 Å². The number of rotatable bonds is 23. The summed E-state index contributed by atoms with van der Waals surface area (Å²) in [6.45, 7) is 24.8. The summed E-state index contributed by atoms with van der Waals surface area (Å²) in [7, 11) is -3.67. The molecule has 2 saturated carbocycles. The Balaban J connectivity index is 0.000000254. The summed E-state index contributed by atoms with van der Waals surface area (Å²) in [4.78, 5) is 21.4. The average Bonchev–Trinajstić information content (AvgIpc) is 4.01. The van der Waals surface area contributed by atoms with Crippen molar-refractivity contribution in [3.63, 3.8) is 0 Å². The van der Waals surface area contributed by atoms with Crippen molar-refractivity contribution in [3.8, 4) is 0 Å². The van der Waals surface area contributed by atoms with Gasteiger partial charge in [-0.1, -0.05) is 189 Å². The molecule has 14 heteroatoms. The summed E-state index contributed by atoms with van der Waals surface area (Å²) in [6, 6.07) is 31.6. The van der Waals surface area contributed by atoms with E-state index in [4.69, 9.17) is 18.7 Å². The third-order valence-electron chi connectivity index (χ3n) is 16.8. The molecular formula is C64H98O11PSi2-. The Morgan fingerprint density at radius 1 is 0.654 bits per heavy atom. The highest BCUT2D eigenvalue weighted by Gasteiger charge is 2.48. The maximum atomic E-state index is 10.8. The molecule has 6 rings (SSSR count). The number of carboxylic acid groups (broad SMARTS) is 2. The molecule has 1 saturated heterocycles. The maximum Gasteiger partial charge on any atom is 0.303 e. The van der Waals surface area contributed by atoms with E-state index in [9.17, 15) is 35.1 Å². The normalized spacial score (nSPS) is 24.6. The molecule has 5 N–H and O–H groups in total. The van der Waals surface area contributed by atoms with Crippen LogP contribution in [0.4, 0.5) is 0 Å². The fourth-order valence-corrected chi connectivity index (χ4v) is 16.9. The number of ether oxygens (including phenoxy) is 1. The first-order chi connectivity index (χ1) is 36.7. The van der Waals surface area contributed by atoms with Crippen LogP contribution < -0.4 is 21.0 Å². The van der Waals surface area contributed by atoms with E-state index in [-0.39, 0.29) is 71.0 Å².